The van der Waals surface area contributed by atoms with Crippen LogP contribution in [0.5, 0.6) is 0 Å². The van der Waals surface area contributed by atoms with E-state index in [-0.39, 0.29) is 31.4 Å². The Hall–Kier alpha value is -2.18. The van der Waals surface area contributed by atoms with Crippen molar-refractivity contribution in [1.82, 2.24) is 10.1 Å². The predicted molar refractivity (Wildman–Crippen MR) is 81.2 cm³/mol. The molecule has 0 radical (unpaired) electrons. The van der Waals surface area contributed by atoms with Crippen LogP contribution in [0.25, 0.3) is 11.3 Å². The molecule has 2 rings (SSSR count). The molecule has 22 heavy (non-hydrogen) atoms. The molecule has 6 heteroatoms. The highest BCUT2D eigenvalue weighted by molar-refractivity contribution is 5.92. The monoisotopic (exact) mass is 304 g/mol. The number of carbonyl (C=O) groups is 1. The van der Waals surface area contributed by atoms with Crippen LogP contribution in [0, 0.1) is 5.41 Å². The second kappa shape index (κ2) is 6.72. The lowest BCUT2D eigenvalue weighted by Crippen LogP contribution is -2.41. The summed E-state index contributed by atoms with van der Waals surface area (Å²) in [4.78, 5) is 13.7. The quantitative estimate of drug-likeness (QED) is 0.842. The maximum absolute atomic E-state index is 12.3. The number of nitrogens with zero attached hydrogens (tertiary/aromatic N) is 2. The molecule has 6 nitrogen and oxygen atoms in total. The highest BCUT2D eigenvalue weighted by atomic mass is 16.5. The molecule has 118 valence electrons. The molecule has 2 N–H and O–H groups in total. The SMILES string of the molecule is CN(CC(C)(CO)CO)C(=O)c1cc(-c2ccccc2)no1. The number of carbonyl (C=O) groups excluding carboxylic acids is 1. The molecular formula is C16H20N2O4. The molecule has 2 aromatic rings. The predicted octanol–water partition coefficient (Wildman–Crippen LogP) is 1.40. The molecular weight excluding hydrogens is 284 g/mol. The molecule has 0 unspecified atom stereocenters. The zero-order chi connectivity index (χ0) is 16.2. The van der Waals surface area contributed by atoms with Gasteiger partial charge in [-0.1, -0.05) is 42.4 Å². The molecule has 1 heterocycles. The zero-order valence-corrected chi connectivity index (χ0v) is 12.7. The molecule has 0 aliphatic rings. The summed E-state index contributed by atoms with van der Waals surface area (Å²) in [7, 11) is 1.59. The fraction of sp³-hybridized carbons (Fsp3) is 0.375. The van der Waals surface area contributed by atoms with Crippen LogP contribution >= 0.6 is 0 Å². The van der Waals surface area contributed by atoms with Gasteiger partial charge in [0.25, 0.3) is 5.91 Å². The van der Waals surface area contributed by atoms with Crippen molar-refractivity contribution in [3.8, 4) is 11.3 Å². The fourth-order valence-corrected chi connectivity index (χ4v) is 2.10. The highest BCUT2D eigenvalue weighted by Gasteiger charge is 2.28. The lowest BCUT2D eigenvalue weighted by Gasteiger charge is -2.29. The summed E-state index contributed by atoms with van der Waals surface area (Å²) in [6.45, 7) is 1.48. The minimum atomic E-state index is -0.757. The summed E-state index contributed by atoms with van der Waals surface area (Å²) >= 11 is 0. The van der Waals surface area contributed by atoms with Crippen LogP contribution in [0.3, 0.4) is 0 Å². The van der Waals surface area contributed by atoms with Crippen LogP contribution in [0.15, 0.2) is 40.9 Å². The number of hydrogen-bond acceptors (Lipinski definition) is 5. The molecule has 0 saturated carbocycles. The van der Waals surface area contributed by atoms with Crippen molar-refractivity contribution >= 4 is 5.91 Å². The zero-order valence-electron chi connectivity index (χ0n) is 12.7. The number of hydrogen-bond donors (Lipinski definition) is 2. The van der Waals surface area contributed by atoms with Crippen molar-refractivity contribution in [2.24, 2.45) is 5.41 Å². The van der Waals surface area contributed by atoms with E-state index in [0.717, 1.165) is 5.56 Å². The van der Waals surface area contributed by atoms with Gasteiger partial charge in [-0.05, 0) is 0 Å². The van der Waals surface area contributed by atoms with Crippen molar-refractivity contribution in [2.75, 3.05) is 26.8 Å². The summed E-state index contributed by atoms with van der Waals surface area (Å²) in [5.41, 5.74) is 0.695. The molecule has 0 saturated heterocycles. The van der Waals surface area contributed by atoms with Gasteiger partial charge in [0.1, 0.15) is 5.69 Å². The number of aliphatic hydroxyl groups excluding tert-OH is 2. The molecule has 1 aromatic carbocycles. The fourth-order valence-electron chi connectivity index (χ4n) is 2.10. The van der Waals surface area contributed by atoms with E-state index in [0.29, 0.717) is 5.69 Å². The van der Waals surface area contributed by atoms with Crippen LogP contribution < -0.4 is 0 Å². The van der Waals surface area contributed by atoms with Gasteiger partial charge in [0, 0.05) is 30.6 Å². The van der Waals surface area contributed by atoms with Gasteiger partial charge in [-0.3, -0.25) is 4.79 Å². The topological polar surface area (TPSA) is 86.8 Å². The molecule has 1 aromatic heterocycles. The molecule has 1 amide bonds. The van der Waals surface area contributed by atoms with Gasteiger partial charge in [0.2, 0.25) is 5.76 Å². The van der Waals surface area contributed by atoms with Gasteiger partial charge < -0.3 is 19.6 Å². The standard InChI is InChI=1S/C16H20N2O4/c1-16(10-19,11-20)9-18(2)15(21)14-8-13(17-22-14)12-6-4-3-5-7-12/h3-8,19-20H,9-11H2,1-2H3. The minimum absolute atomic E-state index is 0.125. The maximum atomic E-state index is 12.3. The minimum Gasteiger partial charge on any atom is -0.396 e. The van der Waals surface area contributed by atoms with E-state index in [2.05, 4.69) is 5.16 Å². The summed E-state index contributed by atoms with van der Waals surface area (Å²) in [5, 5.41) is 22.5. The third-order valence-corrected chi connectivity index (χ3v) is 3.52. The molecule has 0 spiro atoms. The van der Waals surface area contributed by atoms with Crippen molar-refractivity contribution in [3.63, 3.8) is 0 Å². The van der Waals surface area contributed by atoms with E-state index in [4.69, 9.17) is 4.52 Å². The molecule has 0 fully saturated rings. The van der Waals surface area contributed by atoms with Gasteiger partial charge >= 0.3 is 0 Å². The van der Waals surface area contributed by atoms with Crippen molar-refractivity contribution in [3.05, 3.63) is 42.2 Å². The number of rotatable bonds is 6. The number of amides is 1. The van der Waals surface area contributed by atoms with Crippen LogP contribution in [0.2, 0.25) is 0 Å². The molecule has 0 atom stereocenters. The average molecular weight is 304 g/mol. The van der Waals surface area contributed by atoms with Crippen LogP contribution in [0.1, 0.15) is 17.5 Å². The first kappa shape index (κ1) is 16.2. The molecule has 0 aliphatic heterocycles. The van der Waals surface area contributed by atoms with Gasteiger partial charge in [-0.2, -0.15) is 0 Å². The van der Waals surface area contributed by atoms with Gasteiger partial charge in [-0.25, -0.2) is 0 Å². The second-order valence-electron chi connectivity index (χ2n) is 5.73. The second-order valence-corrected chi connectivity index (χ2v) is 5.73. The van der Waals surface area contributed by atoms with Gasteiger partial charge in [0.15, 0.2) is 0 Å². The largest absolute Gasteiger partial charge is 0.396 e. The number of benzene rings is 1. The Morgan fingerprint density at radius 2 is 1.91 bits per heavy atom. The highest BCUT2D eigenvalue weighted by Crippen LogP contribution is 2.21. The van der Waals surface area contributed by atoms with E-state index >= 15 is 0 Å². The third kappa shape index (κ3) is 3.52. The van der Waals surface area contributed by atoms with E-state index in [1.54, 1.807) is 20.0 Å². The van der Waals surface area contributed by atoms with E-state index < -0.39 is 5.41 Å². The number of aliphatic hydroxyl groups is 2. The van der Waals surface area contributed by atoms with E-state index in [9.17, 15) is 15.0 Å². The normalized spacial score (nSPS) is 11.5. The average Bonchev–Trinajstić information content (AvgIpc) is 3.04. The van der Waals surface area contributed by atoms with Crippen LogP contribution in [-0.2, 0) is 0 Å². The lowest BCUT2D eigenvalue weighted by atomic mass is 9.92. The van der Waals surface area contributed by atoms with Crippen molar-refractivity contribution in [2.45, 2.75) is 6.92 Å². The van der Waals surface area contributed by atoms with Crippen molar-refractivity contribution < 1.29 is 19.5 Å². The van der Waals surface area contributed by atoms with Crippen LogP contribution in [0.4, 0.5) is 0 Å². The summed E-state index contributed by atoms with van der Waals surface area (Å²) < 4.78 is 5.12. The van der Waals surface area contributed by atoms with E-state index in [1.165, 1.54) is 4.90 Å². The van der Waals surface area contributed by atoms with Gasteiger partial charge in [-0.15, -0.1) is 0 Å². The Bertz CT molecular complexity index is 620. The van der Waals surface area contributed by atoms with E-state index in [1.807, 2.05) is 30.3 Å². The van der Waals surface area contributed by atoms with Crippen molar-refractivity contribution in [1.29, 1.82) is 0 Å². The first-order valence-corrected chi connectivity index (χ1v) is 6.98. The smallest absolute Gasteiger partial charge is 0.292 e. The Balaban J connectivity index is 2.12. The Labute approximate surface area is 129 Å². The first-order valence-electron chi connectivity index (χ1n) is 6.98. The first-order chi connectivity index (χ1) is 10.5. The summed E-state index contributed by atoms with van der Waals surface area (Å²) in [5.74, 6) is -0.220. The molecule has 0 bridgehead atoms. The van der Waals surface area contributed by atoms with Gasteiger partial charge in [0.05, 0.1) is 13.2 Å². The number of aromatic nitrogens is 1. The third-order valence-electron chi connectivity index (χ3n) is 3.52. The maximum Gasteiger partial charge on any atom is 0.292 e. The summed E-state index contributed by atoms with van der Waals surface area (Å²) in [6.07, 6.45) is 0. The Kier molecular flexibility index (Phi) is 4.95. The van der Waals surface area contributed by atoms with Crippen LogP contribution in [-0.4, -0.2) is 53.0 Å². The molecule has 0 aliphatic carbocycles. The summed E-state index contributed by atoms with van der Waals surface area (Å²) in [6, 6.07) is 11.0. The Morgan fingerprint density at radius 3 is 2.50 bits per heavy atom. The Morgan fingerprint density at radius 1 is 1.27 bits per heavy atom. The lowest BCUT2D eigenvalue weighted by molar-refractivity contribution is 0.0348.